The molecule has 0 fully saturated rings. The lowest BCUT2D eigenvalue weighted by atomic mass is 10.0. The van der Waals surface area contributed by atoms with Crippen LogP contribution >= 0.6 is 0 Å². The zero-order valence-electron chi connectivity index (χ0n) is 11.1. The molecule has 0 aliphatic heterocycles. The van der Waals surface area contributed by atoms with Gasteiger partial charge < -0.3 is 4.90 Å². The van der Waals surface area contributed by atoms with Crippen LogP contribution in [0, 0.1) is 20.8 Å². The normalized spacial score (nSPS) is 11.7. The number of aryl methyl sites for hydroxylation is 2. The predicted molar refractivity (Wildman–Crippen MR) is 68.8 cm³/mol. The van der Waals surface area contributed by atoms with Gasteiger partial charge in [0, 0.05) is 18.3 Å². The quantitative estimate of drug-likeness (QED) is 0.673. The minimum absolute atomic E-state index is 0.175. The van der Waals surface area contributed by atoms with Crippen LogP contribution in [0.5, 0.6) is 0 Å². The van der Waals surface area contributed by atoms with Crippen molar-refractivity contribution in [1.82, 2.24) is 0 Å². The lowest BCUT2D eigenvalue weighted by Crippen LogP contribution is -2.38. The number of rotatable bonds is 1. The molecule has 0 aromatic heterocycles. The van der Waals surface area contributed by atoms with Crippen LogP contribution in [0.25, 0.3) is 0 Å². The van der Waals surface area contributed by atoms with Gasteiger partial charge in [-0.25, -0.2) is 0 Å². The van der Waals surface area contributed by atoms with E-state index >= 15 is 0 Å². The topological polar surface area (TPSA) is 3.24 Å². The van der Waals surface area contributed by atoms with Crippen molar-refractivity contribution in [3.05, 3.63) is 28.8 Å². The van der Waals surface area contributed by atoms with Gasteiger partial charge in [0.15, 0.2) is 0 Å². The molecule has 0 atom stereocenters. The van der Waals surface area contributed by atoms with E-state index in [9.17, 15) is 0 Å². The zero-order valence-corrected chi connectivity index (χ0v) is 11.1. The minimum Gasteiger partial charge on any atom is -0.370 e. The van der Waals surface area contributed by atoms with Gasteiger partial charge in [0.05, 0.1) is 0 Å². The molecule has 0 radical (unpaired) electrons. The Kier molecular flexibility index (Phi) is 3.13. The van der Waals surface area contributed by atoms with Gasteiger partial charge in [-0.15, -0.1) is 0 Å². The summed E-state index contributed by atoms with van der Waals surface area (Å²) in [6.45, 7) is 13.3. The molecule has 0 saturated heterocycles. The highest BCUT2D eigenvalue weighted by Gasteiger charge is 2.18. The Labute approximate surface area is 94.1 Å². The maximum atomic E-state index is 2.33. The van der Waals surface area contributed by atoms with E-state index in [-0.39, 0.29) is 5.54 Å². The number of hydrogen-bond acceptors (Lipinski definition) is 1. The van der Waals surface area contributed by atoms with Crippen molar-refractivity contribution >= 4 is 5.69 Å². The van der Waals surface area contributed by atoms with Crippen LogP contribution < -0.4 is 4.90 Å². The van der Waals surface area contributed by atoms with Crippen LogP contribution in [-0.4, -0.2) is 12.6 Å². The molecular formula is C14H23N. The Bertz CT molecular complexity index is 335. The van der Waals surface area contributed by atoms with Crippen molar-refractivity contribution < 1.29 is 0 Å². The van der Waals surface area contributed by atoms with Crippen molar-refractivity contribution in [1.29, 1.82) is 0 Å². The van der Waals surface area contributed by atoms with Crippen molar-refractivity contribution in [3.63, 3.8) is 0 Å². The van der Waals surface area contributed by atoms with Crippen molar-refractivity contribution in [2.75, 3.05) is 11.9 Å². The molecule has 0 saturated carbocycles. The van der Waals surface area contributed by atoms with Crippen LogP contribution in [0.3, 0.4) is 0 Å². The Morgan fingerprint density at radius 1 is 0.933 bits per heavy atom. The number of anilines is 1. The van der Waals surface area contributed by atoms with E-state index in [1.54, 1.807) is 0 Å². The van der Waals surface area contributed by atoms with Crippen LogP contribution in [0.2, 0.25) is 0 Å². The van der Waals surface area contributed by atoms with Crippen molar-refractivity contribution in [3.8, 4) is 0 Å². The van der Waals surface area contributed by atoms with Gasteiger partial charge in [-0.1, -0.05) is 0 Å². The molecule has 0 spiro atoms. The fourth-order valence-corrected chi connectivity index (χ4v) is 1.59. The number of nitrogens with zero attached hydrogens (tertiary/aromatic N) is 1. The fourth-order valence-electron chi connectivity index (χ4n) is 1.59. The minimum atomic E-state index is 0.175. The summed E-state index contributed by atoms with van der Waals surface area (Å²) >= 11 is 0. The highest BCUT2D eigenvalue weighted by molar-refractivity contribution is 5.54. The average molecular weight is 205 g/mol. The molecule has 1 aromatic carbocycles. The standard InChI is InChI=1S/C14H23N/c1-10-8-13(9-11(2)12(10)3)15(7)14(4,5)6/h8-9H,1-7H3. The molecule has 1 nitrogen and oxygen atoms in total. The highest BCUT2D eigenvalue weighted by Crippen LogP contribution is 2.26. The second-order valence-electron chi connectivity index (χ2n) is 5.43. The maximum absolute atomic E-state index is 2.33. The summed E-state index contributed by atoms with van der Waals surface area (Å²) in [5.41, 5.74) is 5.64. The second kappa shape index (κ2) is 3.88. The summed E-state index contributed by atoms with van der Waals surface area (Å²) in [7, 11) is 2.16. The first-order chi connectivity index (χ1) is 6.73. The summed E-state index contributed by atoms with van der Waals surface area (Å²) in [5, 5.41) is 0. The Morgan fingerprint density at radius 3 is 1.67 bits per heavy atom. The molecule has 0 heterocycles. The Hall–Kier alpha value is -0.980. The van der Waals surface area contributed by atoms with E-state index in [1.807, 2.05) is 0 Å². The molecule has 0 N–H and O–H groups in total. The summed E-state index contributed by atoms with van der Waals surface area (Å²) < 4.78 is 0. The lowest BCUT2D eigenvalue weighted by Gasteiger charge is -2.34. The SMILES string of the molecule is Cc1cc(N(C)C(C)(C)C)cc(C)c1C. The lowest BCUT2D eigenvalue weighted by molar-refractivity contribution is 0.538. The smallest absolute Gasteiger partial charge is 0.0373 e. The summed E-state index contributed by atoms with van der Waals surface area (Å²) in [6.07, 6.45) is 0. The first-order valence-electron chi connectivity index (χ1n) is 5.55. The maximum Gasteiger partial charge on any atom is 0.0373 e. The predicted octanol–water partition coefficient (Wildman–Crippen LogP) is 3.85. The molecule has 1 aromatic rings. The van der Waals surface area contributed by atoms with E-state index in [4.69, 9.17) is 0 Å². The second-order valence-corrected chi connectivity index (χ2v) is 5.43. The van der Waals surface area contributed by atoms with Gasteiger partial charge in [0.2, 0.25) is 0 Å². The van der Waals surface area contributed by atoms with Gasteiger partial charge in [-0.05, 0) is 70.4 Å². The van der Waals surface area contributed by atoms with Crippen LogP contribution in [0.4, 0.5) is 5.69 Å². The van der Waals surface area contributed by atoms with Gasteiger partial charge in [-0.2, -0.15) is 0 Å². The van der Waals surface area contributed by atoms with Gasteiger partial charge in [0.25, 0.3) is 0 Å². The first kappa shape index (κ1) is 12.1. The number of hydrogen-bond donors (Lipinski definition) is 0. The summed E-state index contributed by atoms with van der Waals surface area (Å²) in [4.78, 5) is 2.33. The molecule has 0 aliphatic carbocycles. The first-order valence-corrected chi connectivity index (χ1v) is 5.55. The third kappa shape index (κ3) is 2.53. The zero-order chi connectivity index (χ0) is 11.8. The van der Waals surface area contributed by atoms with E-state index < -0.39 is 0 Å². The Morgan fingerprint density at radius 2 is 1.33 bits per heavy atom. The van der Waals surface area contributed by atoms with E-state index in [0.29, 0.717) is 0 Å². The van der Waals surface area contributed by atoms with Crippen LogP contribution in [0.1, 0.15) is 37.5 Å². The molecule has 0 aliphatic rings. The fraction of sp³-hybridized carbons (Fsp3) is 0.571. The molecule has 84 valence electrons. The third-order valence-electron chi connectivity index (χ3n) is 3.31. The molecule has 1 rings (SSSR count). The molecular weight excluding hydrogens is 182 g/mol. The van der Waals surface area contributed by atoms with E-state index in [1.165, 1.54) is 22.4 Å². The largest absolute Gasteiger partial charge is 0.370 e. The molecule has 0 amide bonds. The van der Waals surface area contributed by atoms with Crippen LogP contribution in [0.15, 0.2) is 12.1 Å². The van der Waals surface area contributed by atoms with Crippen molar-refractivity contribution in [2.45, 2.75) is 47.1 Å². The monoisotopic (exact) mass is 205 g/mol. The van der Waals surface area contributed by atoms with Gasteiger partial charge in [0.1, 0.15) is 0 Å². The van der Waals surface area contributed by atoms with Gasteiger partial charge >= 0.3 is 0 Å². The molecule has 0 bridgehead atoms. The van der Waals surface area contributed by atoms with Crippen molar-refractivity contribution in [2.24, 2.45) is 0 Å². The molecule has 15 heavy (non-hydrogen) atoms. The van der Waals surface area contributed by atoms with E-state index in [2.05, 4.69) is 65.6 Å². The molecule has 1 heteroatoms. The summed E-state index contributed by atoms with van der Waals surface area (Å²) in [5.74, 6) is 0. The highest BCUT2D eigenvalue weighted by atomic mass is 15.2. The third-order valence-corrected chi connectivity index (χ3v) is 3.31. The number of benzene rings is 1. The summed E-state index contributed by atoms with van der Waals surface area (Å²) in [6, 6.07) is 4.54. The average Bonchev–Trinajstić information content (AvgIpc) is 2.10. The van der Waals surface area contributed by atoms with Gasteiger partial charge in [-0.3, -0.25) is 0 Å². The molecule has 0 unspecified atom stereocenters. The van der Waals surface area contributed by atoms with E-state index in [0.717, 1.165) is 0 Å². The Balaban J connectivity index is 3.17. The van der Waals surface area contributed by atoms with Crippen LogP contribution in [-0.2, 0) is 0 Å².